The Hall–Kier alpha value is -4.80. The second-order valence-corrected chi connectivity index (χ2v) is 9.51. The third-order valence-electron chi connectivity index (χ3n) is 6.53. The third kappa shape index (κ3) is 5.79. The van der Waals surface area contributed by atoms with E-state index in [1.54, 1.807) is 12.1 Å². The number of hydrogen-bond acceptors (Lipinski definition) is 1. The maximum atomic E-state index is 15.1. The molecule has 0 radical (unpaired) electrons. The molecule has 0 saturated carbocycles. The van der Waals surface area contributed by atoms with Gasteiger partial charge in [0.05, 0.1) is 5.56 Å². The van der Waals surface area contributed by atoms with Crippen LogP contribution >= 0.6 is 0 Å². The zero-order valence-corrected chi connectivity index (χ0v) is 21.7. The molecule has 220 valence electrons. The van der Waals surface area contributed by atoms with Gasteiger partial charge in [0.1, 0.15) is 40.4 Å². The van der Waals surface area contributed by atoms with E-state index in [0.29, 0.717) is 23.3 Å². The minimum Gasteiger partial charge on any atom is -0.429 e. The van der Waals surface area contributed by atoms with Gasteiger partial charge >= 0.3 is 6.11 Å². The molecule has 0 aliphatic heterocycles. The minimum absolute atomic E-state index is 0.0295. The zero-order valence-electron chi connectivity index (χ0n) is 21.7. The van der Waals surface area contributed by atoms with Crippen LogP contribution in [0.4, 0.5) is 43.9 Å². The lowest BCUT2D eigenvalue weighted by Gasteiger charge is -2.20. The van der Waals surface area contributed by atoms with Crippen LogP contribution < -0.4 is 4.74 Å². The van der Waals surface area contributed by atoms with E-state index in [1.807, 2.05) is 19.1 Å². The van der Waals surface area contributed by atoms with Gasteiger partial charge in [-0.25, -0.2) is 35.1 Å². The second-order valence-electron chi connectivity index (χ2n) is 9.51. The summed E-state index contributed by atoms with van der Waals surface area (Å²) in [4.78, 5) is 0. The van der Waals surface area contributed by atoms with Gasteiger partial charge in [-0.1, -0.05) is 42.0 Å². The Morgan fingerprint density at radius 2 is 0.977 bits per heavy atom. The molecule has 0 N–H and O–H groups in total. The predicted octanol–water partition coefficient (Wildman–Crippen LogP) is 10.2. The highest BCUT2D eigenvalue weighted by Crippen LogP contribution is 2.39. The Labute approximate surface area is 237 Å². The molecule has 0 atom stereocenters. The van der Waals surface area contributed by atoms with Gasteiger partial charge < -0.3 is 4.74 Å². The molecule has 0 spiro atoms. The standard InChI is InChI=1S/C32H16F10O/c1-15-2-4-16(5-3-15)17-6-7-21(22(33)8-17)18-9-23(34)29(24(35)10-18)19-11-25(36)30(26(37)12-19)32(41,42)43-20-13-27(38)31(40)28(39)14-20/h2-14H,1H3. The summed E-state index contributed by atoms with van der Waals surface area (Å²) in [6.45, 7) is 1.88. The fourth-order valence-corrected chi connectivity index (χ4v) is 4.46. The molecule has 43 heavy (non-hydrogen) atoms. The summed E-state index contributed by atoms with van der Waals surface area (Å²) in [7, 11) is 0. The van der Waals surface area contributed by atoms with Crippen LogP contribution in [0.1, 0.15) is 11.1 Å². The SMILES string of the molecule is Cc1ccc(-c2ccc(-c3cc(F)c(-c4cc(F)c(C(F)(F)Oc5cc(F)c(F)c(F)c5)c(F)c4)c(F)c3)c(F)c2)cc1. The van der Waals surface area contributed by atoms with Gasteiger partial charge in [0.15, 0.2) is 17.5 Å². The molecule has 0 bridgehead atoms. The van der Waals surface area contributed by atoms with E-state index >= 15 is 8.78 Å². The molecule has 5 aromatic carbocycles. The quantitative estimate of drug-likeness (QED) is 0.138. The van der Waals surface area contributed by atoms with Gasteiger partial charge in [0.25, 0.3) is 0 Å². The summed E-state index contributed by atoms with van der Waals surface area (Å²) in [5.74, 6) is -14.7. The van der Waals surface area contributed by atoms with Gasteiger partial charge in [-0.15, -0.1) is 0 Å². The Kier molecular flexibility index (Phi) is 7.68. The van der Waals surface area contributed by atoms with Crippen LogP contribution in [0.3, 0.4) is 0 Å². The first-order valence-corrected chi connectivity index (χ1v) is 12.3. The predicted molar refractivity (Wildman–Crippen MR) is 138 cm³/mol. The molecule has 0 amide bonds. The molecule has 0 aliphatic carbocycles. The Balaban J connectivity index is 1.47. The number of ether oxygens (including phenoxy) is 1. The smallest absolute Gasteiger partial charge is 0.429 e. The van der Waals surface area contributed by atoms with Crippen molar-refractivity contribution >= 4 is 0 Å². The van der Waals surface area contributed by atoms with Gasteiger partial charge in [0.2, 0.25) is 0 Å². The van der Waals surface area contributed by atoms with E-state index in [0.717, 1.165) is 5.56 Å². The lowest BCUT2D eigenvalue weighted by atomic mass is 9.95. The lowest BCUT2D eigenvalue weighted by molar-refractivity contribution is -0.189. The molecule has 11 heteroatoms. The number of halogens is 10. The van der Waals surface area contributed by atoms with Crippen LogP contribution in [0, 0.1) is 53.5 Å². The summed E-state index contributed by atoms with van der Waals surface area (Å²) >= 11 is 0. The van der Waals surface area contributed by atoms with Crippen molar-refractivity contribution in [3.05, 3.63) is 137 Å². The number of benzene rings is 5. The average Bonchev–Trinajstić information content (AvgIpc) is 2.91. The molecule has 1 nitrogen and oxygen atoms in total. The summed E-state index contributed by atoms with van der Waals surface area (Å²) in [5.41, 5.74) is -2.12. The fourth-order valence-electron chi connectivity index (χ4n) is 4.46. The van der Waals surface area contributed by atoms with Crippen molar-refractivity contribution in [3.8, 4) is 39.1 Å². The van der Waals surface area contributed by atoms with E-state index in [-0.39, 0.29) is 35.4 Å². The molecule has 0 saturated heterocycles. The van der Waals surface area contributed by atoms with Crippen LogP contribution in [0.15, 0.2) is 78.9 Å². The van der Waals surface area contributed by atoms with Crippen LogP contribution in [0.25, 0.3) is 33.4 Å². The molecular formula is C32H16F10O. The van der Waals surface area contributed by atoms with E-state index in [9.17, 15) is 35.1 Å². The van der Waals surface area contributed by atoms with Crippen molar-refractivity contribution in [2.45, 2.75) is 13.0 Å². The largest absolute Gasteiger partial charge is 0.432 e. The number of alkyl halides is 2. The zero-order chi connectivity index (χ0) is 31.2. The molecule has 5 rings (SSSR count). The van der Waals surface area contributed by atoms with Crippen molar-refractivity contribution < 1.29 is 48.6 Å². The van der Waals surface area contributed by atoms with Gasteiger partial charge in [-0.3, -0.25) is 0 Å². The first-order valence-electron chi connectivity index (χ1n) is 12.3. The van der Waals surface area contributed by atoms with Gasteiger partial charge in [-0.05, 0) is 59.5 Å². The maximum absolute atomic E-state index is 15.1. The van der Waals surface area contributed by atoms with Crippen LogP contribution in [0.2, 0.25) is 0 Å². The van der Waals surface area contributed by atoms with Crippen LogP contribution in [-0.2, 0) is 6.11 Å². The highest BCUT2D eigenvalue weighted by molar-refractivity contribution is 5.75. The summed E-state index contributed by atoms with van der Waals surface area (Å²) in [5, 5.41) is 0. The lowest BCUT2D eigenvalue weighted by Crippen LogP contribution is -2.25. The highest BCUT2D eigenvalue weighted by atomic mass is 19.3. The summed E-state index contributed by atoms with van der Waals surface area (Å²) in [6.07, 6.45) is -4.90. The minimum atomic E-state index is -4.90. The average molecular weight is 606 g/mol. The van der Waals surface area contributed by atoms with E-state index in [4.69, 9.17) is 0 Å². The first kappa shape index (κ1) is 29.7. The van der Waals surface area contributed by atoms with Crippen molar-refractivity contribution in [3.63, 3.8) is 0 Å². The van der Waals surface area contributed by atoms with Gasteiger partial charge in [0, 0.05) is 17.7 Å². The molecule has 0 aromatic heterocycles. The number of aryl methyl sites for hydroxylation is 1. The summed E-state index contributed by atoms with van der Waals surface area (Å²) < 4.78 is 148. The Morgan fingerprint density at radius 3 is 1.51 bits per heavy atom. The van der Waals surface area contributed by atoms with E-state index < -0.39 is 75.1 Å². The molecule has 0 unspecified atom stereocenters. The highest BCUT2D eigenvalue weighted by Gasteiger charge is 2.42. The molecular weight excluding hydrogens is 590 g/mol. The summed E-state index contributed by atoms with van der Waals surface area (Å²) in [6, 6.07) is 13.1. The fraction of sp³-hybridized carbons (Fsp3) is 0.0625. The monoisotopic (exact) mass is 606 g/mol. The van der Waals surface area contributed by atoms with E-state index in [1.165, 1.54) is 18.2 Å². The maximum Gasteiger partial charge on any atom is 0.432 e. The normalized spacial score (nSPS) is 11.6. The van der Waals surface area contributed by atoms with Crippen molar-refractivity contribution in [2.75, 3.05) is 0 Å². The van der Waals surface area contributed by atoms with E-state index in [2.05, 4.69) is 4.74 Å². The van der Waals surface area contributed by atoms with Crippen molar-refractivity contribution in [1.29, 1.82) is 0 Å². The molecule has 0 heterocycles. The first-order chi connectivity index (χ1) is 20.2. The molecule has 0 fully saturated rings. The number of rotatable bonds is 6. The second kappa shape index (κ2) is 11.1. The van der Waals surface area contributed by atoms with Crippen LogP contribution in [-0.4, -0.2) is 0 Å². The Bertz CT molecular complexity index is 1800. The van der Waals surface area contributed by atoms with Crippen molar-refractivity contribution in [1.82, 2.24) is 0 Å². The molecule has 0 aliphatic rings. The van der Waals surface area contributed by atoms with Gasteiger partial charge in [-0.2, -0.15) is 8.78 Å². The Morgan fingerprint density at radius 1 is 0.488 bits per heavy atom. The van der Waals surface area contributed by atoms with Crippen LogP contribution in [0.5, 0.6) is 5.75 Å². The van der Waals surface area contributed by atoms with Crippen molar-refractivity contribution in [2.24, 2.45) is 0 Å². The molecule has 5 aromatic rings. The third-order valence-corrected chi connectivity index (χ3v) is 6.53. The topological polar surface area (TPSA) is 9.23 Å². The number of hydrogen-bond donors (Lipinski definition) is 0.